The molecule has 0 amide bonds. The van der Waals surface area contributed by atoms with Crippen LogP contribution >= 0.6 is 27.5 Å². The number of hydrogen-bond acceptors (Lipinski definition) is 3. The van der Waals surface area contributed by atoms with Crippen molar-refractivity contribution in [3.8, 4) is 0 Å². The molecule has 4 nitrogen and oxygen atoms in total. The summed E-state index contributed by atoms with van der Waals surface area (Å²) in [5.41, 5.74) is 0. The molecular formula is C13H15BrClNO3S. The van der Waals surface area contributed by atoms with Crippen molar-refractivity contribution in [3.63, 3.8) is 0 Å². The van der Waals surface area contributed by atoms with Gasteiger partial charge in [0.15, 0.2) is 0 Å². The number of carbonyl (C=O) groups excluding carboxylic acids is 1. The second-order valence-electron chi connectivity index (χ2n) is 4.87. The molecular weight excluding hydrogens is 366 g/mol. The molecule has 20 heavy (non-hydrogen) atoms. The molecule has 0 N–H and O–H groups in total. The third kappa shape index (κ3) is 3.24. The summed E-state index contributed by atoms with van der Waals surface area (Å²) in [4.78, 5) is 11.4. The monoisotopic (exact) mass is 379 g/mol. The van der Waals surface area contributed by atoms with Crippen LogP contribution in [0, 0.1) is 0 Å². The first-order valence-electron chi connectivity index (χ1n) is 6.27. The predicted octanol–water partition coefficient (Wildman–Crippen LogP) is 3.23. The lowest BCUT2D eigenvalue weighted by atomic mass is 9.95. The molecule has 0 atom stereocenters. The van der Waals surface area contributed by atoms with E-state index in [4.69, 9.17) is 11.6 Å². The van der Waals surface area contributed by atoms with Crippen LogP contribution in [0.4, 0.5) is 0 Å². The topological polar surface area (TPSA) is 54.5 Å². The number of sulfonamides is 1. The van der Waals surface area contributed by atoms with Gasteiger partial charge in [-0.25, -0.2) is 8.42 Å². The van der Waals surface area contributed by atoms with E-state index in [0.717, 1.165) is 0 Å². The summed E-state index contributed by atoms with van der Waals surface area (Å²) in [6.07, 6.45) is 2.08. The molecule has 1 aromatic carbocycles. The van der Waals surface area contributed by atoms with Gasteiger partial charge in [-0.15, -0.1) is 0 Å². The lowest BCUT2D eigenvalue weighted by molar-refractivity contribution is -0.120. The fourth-order valence-corrected chi connectivity index (χ4v) is 4.38. The number of hydrogen-bond donors (Lipinski definition) is 0. The van der Waals surface area contributed by atoms with Gasteiger partial charge >= 0.3 is 0 Å². The second kappa shape index (κ2) is 6.13. The molecule has 2 rings (SSSR count). The number of benzene rings is 1. The van der Waals surface area contributed by atoms with Crippen LogP contribution in [0.5, 0.6) is 0 Å². The van der Waals surface area contributed by atoms with Gasteiger partial charge in [-0.05, 0) is 47.0 Å². The fraction of sp³-hybridized carbons (Fsp3) is 0.462. The average Bonchev–Trinajstić information content (AvgIpc) is 2.41. The highest BCUT2D eigenvalue weighted by molar-refractivity contribution is 9.10. The van der Waals surface area contributed by atoms with E-state index in [2.05, 4.69) is 15.9 Å². The number of Topliss-reactive ketones (excluding diaryl/α,β-unsaturated/α-hetero) is 1. The quantitative estimate of drug-likeness (QED) is 0.809. The predicted molar refractivity (Wildman–Crippen MR) is 81.4 cm³/mol. The molecule has 0 saturated heterocycles. The maximum absolute atomic E-state index is 12.6. The first-order valence-corrected chi connectivity index (χ1v) is 8.88. The Morgan fingerprint density at radius 2 is 1.90 bits per heavy atom. The zero-order valence-corrected chi connectivity index (χ0v) is 14.1. The normalized spacial score (nSPS) is 17.7. The highest BCUT2D eigenvalue weighted by atomic mass is 79.9. The molecule has 1 aliphatic rings. The van der Waals surface area contributed by atoms with Crippen molar-refractivity contribution in [2.75, 3.05) is 7.05 Å². The van der Waals surface area contributed by atoms with E-state index in [1.807, 2.05) is 0 Å². The standard InChI is InChI=1S/C13H15BrClNO3S/c1-16(9-2-4-10(17)5-3-9)20(18,19)11-6-7-13(15)12(14)8-11/h6-9H,2-5H2,1H3. The molecule has 110 valence electrons. The molecule has 0 unspecified atom stereocenters. The third-order valence-electron chi connectivity index (χ3n) is 3.60. The van der Waals surface area contributed by atoms with E-state index in [1.54, 1.807) is 13.1 Å². The second-order valence-corrected chi connectivity index (χ2v) is 8.13. The molecule has 0 spiro atoms. The van der Waals surface area contributed by atoms with Gasteiger partial charge in [-0.1, -0.05) is 11.6 Å². The Morgan fingerprint density at radius 1 is 1.30 bits per heavy atom. The first-order chi connectivity index (χ1) is 9.32. The molecule has 1 aliphatic carbocycles. The Hall–Kier alpha value is -0.430. The SMILES string of the molecule is CN(C1CCC(=O)CC1)S(=O)(=O)c1ccc(Cl)c(Br)c1. The van der Waals surface area contributed by atoms with E-state index in [1.165, 1.54) is 16.4 Å². The zero-order chi connectivity index (χ0) is 14.9. The molecule has 1 fully saturated rings. The van der Waals surface area contributed by atoms with Crippen molar-refractivity contribution in [3.05, 3.63) is 27.7 Å². The largest absolute Gasteiger partial charge is 0.300 e. The van der Waals surface area contributed by atoms with Gasteiger partial charge in [0.2, 0.25) is 10.0 Å². The number of ketones is 1. The van der Waals surface area contributed by atoms with Crippen LogP contribution in [0.1, 0.15) is 25.7 Å². The van der Waals surface area contributed by atoms with E-state index in [9.17, 15) is 13.2 Å². The van der Waals surface area contributed by atoms with E-state index < -0.39 is 10.0 Å². The number of nitrogens with zero attached hydrogens (tertiary/aromatic N) is 1. The minimum atomic E-state index is -3.56. The van der Waals surface area contributed by atoms with Crippen LogP contribution in [-0.2, 0) is 14.8 Å². The summed E-state index contributed by atoms with van der Waals surface area (Å²) in [5.74, 6) is 0.210. The summed E-state index contributed by atoms with van der Waals surface area (Å²) in [5, 5.41) is 0.467. The van der Waals surface area contributed by atoms with Gasteiger partial charge in [0, 0.05) is 30.4 Å². The molecule has 0 heterocycles. The van der Waals surface area contributed by atoms with Gasteiger partial charge in [0.05, 0.1) is 9.92 Å². The maximum atomic E-state index is 12.6. The smallest absolute Gasteiger partial charge is 0.243 e. The Labute approximate surface area is 132 Å². The van der Waals surface area contributed by atoms with E-state index in [-0.39, 0.29) is 16.7 Å². The minimum Gasteiger partial charge on any atom is -0.300 e. The molecule has 7 heteroatoms. The van der Waals surface area contributed by atoms with Crippen molar-refractivity contribution in [2.45, 2.75) is 36.6 Å². The molecule has 0 bridgehead atoms. The number of rotatable bonds is 3. The van der Waals surface area contributed by atoms with Crippen LogP contribution in [-0.4, -0.2) is 31.6 Å². The van der Waals surface area contributed by atoms with Gasteiger partial charge in [0.25, 0.3) is 0 Å². The van der Waals surface area contributed by atoms with E-state index >= 15 is 0 Å². The summed E-state index contributed by atoms with van der Waals surface area (Å²) < 4.78 is 27.0. The fourth-order valence-electron chi connectivity index (χ4n) is 2.29. The molecule has 0 aliphatic heterocycles. The number of carbonyl (C=O) groups is 1. The van der Waals surface area contributed by atoms with Crippen LogP contribution in [0.25, 0.3) is 0 Å². The van der Waals surface area contributed by atoms with Crippen molar-refractivity contribution in [1.29, 1.82) is 0 Å². The third-order valence-corrected chi connectivity index (χ3v) is 6.72. The highest BCUT2D eigenvalue weighted by Gasteiger charge is 2.31. The lowest BCUT2D eigenvalue weighted by Gasteiger charge is -2.30. The Balaban J connectivity index is 2.25. The van der Waals surface area contributed by atoms with Crippen molar-refractivity contribution in [2.24, 2.45) is 0 Å². The summed E-state index contributed by atoms with van der Waals surface area (Å²) in [6.45, 7) is 0. The van der Waals surface area contributed by atoms with Gasteiger partial charge in [-0.3, -0.25) is 4.79 Å². The van der Waals surface area contributed by atoms with E-state index in [0.29, 0.717) is 35.2 Å². The van der Waals surface area contributed by atoms with Crippen molar-refractivity contribution in [1.82, 2.24) is 4.31 Å². The minimum absolute atomic E-state index is 0.118. The van der Waals surface area contributed by atoms with Crippen molar-refractivity contribution < 1.29 is 13.2 Å². The lowest BCUT2D eigenvalue weighted by Crippen LogP contribution is -2.39. The van der Waals surface area contributed by atoms with Gasteiger partial charge in [0.1, 0.15) is 5.78 Å². The van der Waals surface area contributed by atoms with Crippen molar-refractivity contribution >= 4 is 43.3 Å². The van der Waals surface area contributed by atoms with Crippen LogP contribution in [0.3, 0.4) is 0 Å². The Bertz CT molecular complexity index is 623. The Morgan fingerprint density at radius 3 is 2.45 bits per heavy atom. The summed E-state index contributed by atoms with van der Waals surface area (Å²) in [6, 6.07) is 4.43. The highest BCUT2D eigenvalue weighted by Crippen LogP contribution is 2.29. The van der Waals surface area contributed by atoms with Crippen LogP contribution in [0.2, 0.25) is 5.02 Å². The average molecular weight is 381 g/mol. The zero-order valence-electron chi connectivity index (χ0n) is 11.0. The maximum Gasteiger partial charge on any atom is 0.243 e. The Kier molecular flexibility index (Phi) is 4.89. The number of halogens is 2. The van der Waals surface area contributed by atoms with Crippen LogP contribution < -0.4 is 0 Å². The van der Waals surface area contributed by atoms with Gasteiger partial charge < -0.3 is 0 Å². The van der Waals surface area contributed by atoms with Crippen LogP contribution in [0.15, 0.2) is 27.6 Å². The summed E-state index contributed by atoms with van der Waals surface area (Å²) >= 11 is 9.11. The van der Waals surface area contributed by atoms with Gasteiger partial charge in [-0.2, -0.15) is 4.31 Å². The first kappa shape index (κ1) is 15.9. The molecule has 0 aromatic heterocycles. The summed E-state index contributed by atoms with van der Waals surface area (Å²) in [7, 11) is -1.99. The molecule has 0 radical (unpaired) electrons. The molecule has 1 saturated carbocycles. The molecule has 1 aromatic rings.